The van der Waals surface area contributed by atoms with Crippen molar-refractivity contribution in [2.24, 2.45) is 0 Å². The summed E-state index contributed by atoms with van der Waals surface area (Å²) in [5.41, 5.74) is 8.21. The molecule has 3 heterocycles. The highest BCUT2D eigenvalue weighted by molar-refractivity contribution is 5.87. The zero-order valence-corrected chi connectivity index (χ0v) is 23.0. The Bertz CT molecular complexity index is 1280. The van der Waals surface area contributed by atoms with E-state index in [0.29, 0.717) is 25.6 Å². The van der Waals surface area contributed by atoms with Gasteiger partial charge in [0.1, 0.15) is 5.69 Å². The Morgan fingerprint density at radius 1 is 1.13 bits per heavy atom. The summed E-state index contributed by atoms with van der Waals surface area (Å²) in [4.78, 5) is 16.3. The molecule has 2 aromatic rings. The number of hydrogen-bond acceptors (Lipinski definition) is 5. The zero-order valence-electron chi connectivity index (χ0n) is 23.0. The van der Waals surface area contributed by atoms with Crippen molar-refractivity contribution in [2.45, 2.75) is 52.0 Å². The molecule has 7 nitrogen and oxygen atoms in total. The highest BCUT2D eigenvalue weighted by Crippen LogP contribution is 2.35. The topological polar surface area (TPSA) is 62.6 Å². The molecule has 200 valence electrons. The van der Waals surface area contributed by atoms with Gasteiger partial charge in [-0.2, -0.15) is 5.10 Å². The zero-order chi connectivity index (χ0) is 26.6. The molecule has 1 aromatic heterocycles. The van der Waals surface area contributed by atoms with Crippen LogP contribution in [0.5, 0.6) is 0 Å². The molecule has 0 saturated heterocycles. The molecule has 2 aliphatic heterocycles. The number of carbonyl (C=O) groups is 1. The molecule has 5 rings (SSSR count). The quantitative estimate of drug-likeness (QED) is 0.569. The lowest BCUT2D eigenvalue weighted by Crippen LogP contribution is -2.41. The van der Waals surface area contributed by atoms with Gasteiger partial charge in [-0.05, 0) is 41.3 Å². The molecule has 3 aliphatic rings. The van der Waals surface area contributed by atoms with Gasteiger partial charge < -0.3 is 15.0 Å². The summed E-state index contributed by atoms with van der Waals surface area (Å²) in [6, 6.07) is 8.73. The van der Waals surface area contributed by atoms with E-state index in [1.165, 1.54) is 28.0 Å². The third-order valence-electron chi connectivity index (χ3n) is 7.47. The van der Waals surface area contributed by atoms with Gasteiger partial charge in [0.25, 0.3) is 0 Å². The van der Waals surface area contributed by atoms with E-state index in [2.05, 4.69) is 83.4 Å². The number of rotatable bonds is 8. The number of nitrogens with zero attached hydrogens (tertiary/aromatic N) is 4. The fourth-order valence-electron chi connectivity index (χ4n) is 5.08. The van der Waals surface area contributed by atoms with Gasteiger partial charge in [0.15, 0.2) is 0 Å². The number of likely N-dealkylation sites (N-methyl/N-ethyl adjacent to an activating group) is 1. The van der Waals surface area contributed by atoms with E-state index in [-0.39, 0.29) is 12.0 Å². The summed E-state index contributed by atoms with van der Waals surface area (Å²) in [5.74, 6) is 0.658. The number of nitrogens with one attached hydrogen (secondary N) is 1. The Labute approximate surface area is 226 Å². The second-order valence-corrected chi connectivity index (χ2v) is 10.8. The summed E-state index contributed by atoms with van der Waals surface area (Å²) in [5, 5.41) is 8.29. The first kappa shape index (κ1) is 26.2. The number of carbonyl (C=O) groups excluding carboxylic acids is 1. The van der Waals surface area contributed by atoms with Crippen LogP contribution < -0.4 is 5.32 Å². The Hall–Kier alpha value is -3.42. The van der Waals surface area contributed by atoms with Crippen LogP contribution in [0.4, 0.5) is 0 Å². The lowest BCUT2D eigenvalue weighted by Gasteiger charge is -2.29. The Morgan fingerprint density at radius 3 is 2.61 bits per heavy atom. The van der Waals surface area contributed by atoms with Gasteiger partial charge in [-0.3, -0.25) is 14.4 Å². The van der Waals surface area contributed by atoms with Crippen LogP contribution in [0.3, 0.4) is 0 Å². The van der Waals surface area contributed by atoms with E-state index in [4.69, 9.17) is 9.84 Å². The van der Waals surface area contributed by atoms with E-state index < -0.39 is 0 Å². The molecule has 7 heteroatoms. The van der Waals surface area contributed by atoms with Crippen LogP contribution in [-0.2, 0) is 29.2 Å². The Morgan fingerprint density at radius 2 is 1.95 bits per heavy atom. The predicted molar refractivity (Wildman–Crippen MR) is 152 cm³/mol. The number of aromatic nitrogens is 2. The van der Waals surface area contributed by atoms with Crippen LogP contribution >= 0.6 is 0 Å². The maximum Gasteiger partial charge on any atom is 0.236 e. The van der Waals surface area contributed by atoms with Gasteiger partial charge in [-0.1, -0.05) is 62.4 Å². The number of ether oxygens (including phenoxy) is 1. The van der Waals surface area contributed by atoms with Crippen LogP contribution in [0.1, 0.15) is 54.3 Å². The molecule has 1 unspecified atom stereocenters. The van der Waals surface area contributed by atoms with Crippen molar-refractivity contribution >= 4 is 17.1 Å². The molecule has 0 fully saturated rings. The SMILES string of the molecule is CC(C)c1ccc(COC2C=CC(c3c(C4=CCNC=C4)nn4c3CN(CC(=O)N(C)C)CC4)=CC2)cc1. The van der Waals surface area contributed by atoms with E-state index in [1.54, 1.807) is 4.90 Å². The number of amides is 1. The fraction of sp³-hybridized carbons (Fsp3) is 0.419. The average Bonchev–Trinajstić information content (AvgIpc) is 3.31. The highest BCUT2D eigenvalue weighted by atomic mass is 16.5. The number of dihydropyridines is 1. The second-order valence-electron chi connectivity index (χ2n) is 10.8. The molecule has 1 amide bonds. The molecule has 1 aliphatic carbocycles. The molecular weight excluding hydrogens is 474 g/mol. The molecule has 0 bridgehead atoms. The van der Waals surface area contributed by atoms with Crippen molar-refractivity contribution in [3.63, 3.8) is 0 Å². The van der Waals surface area contributed by atoms with Crippen molar-refractivity contribution in [3.8, 4) is 0 Å². The van der Waals surface area contributed by atoms with Gasteiger partial charge in [-0.15, -0.1) is 0 Å². The van der Waals surface area contributed by atoms with E-state index in [0.717, 1.165) is 37.3 Å². The minimum Gasteiger partial charge on any atom is -0.387 e. The van der Waals surface area contributed by atoms with Crippen LogP contribution in [-0.4, -0.2) is 65.3 Å². The minimum absolute atomic E-state index is 0.0468. The first-order valence-electron chi connectivity index (χ1n) is 13.6. The van der Waals surface area contributed by atoms with Crippen LogP contribution in [0, 0.1) is 0 Å². The monoisotopic (exact) mass is 513 g/mol. The lowest BCUT2D eigenvalue weighted by molar-refractivity contribution is -0.130. The highest BCUT2D eigenvalue weighted by Gasteiger charge is 2.28. The van der Waals surface area contributed by atoms with Crippen LogP contribution in [0.15, 0.2) is 60.8 Å². The van der Waals surface area contributed by atoms with E-state index in [9.17, 15) is 4.79 Å². The van der Waals surface area contributed by atoms with Gasteiger partial charge in [0.05, 0.1) is 31.5 Å². The summed E-state index contributed by atoms with van der Waals surface area (Å²) in [7, 11) is 3.62. The van der Waals surface area contributed by atoms with E-state index >= 15 is 0 Å². The Kier molecular flexibility index (Phi) is 7.95. The molecular formula is C31H39N5O2. The Balaban J connectivity index is 1.34. The van der Waals surface area contributed by atoms with Gasteiger partial charge in [-0.25, -0.2) is 0 Å². The van der Waals surface area contributed by atoms with Crippen molar-refractivity contribution < 1.29 is 9.53 Å². The third kappa shape index (κ3) is 5.84. The van der Waals surface area contributed by atoms with Crippen molar-refractivity contribution in [2.75, 3.05) is 33.7 Å². The summed E-state index contributed by atoms with van der Waals surface area (Å²) < 4.78 is 8.38. The fourth-order valence-corrected chi connectivity index (χ4v) is 5.08. The molecule has 1 atom stereocenters. The largest absolute Gasteiger partial charge is 0.387 e. The number of allylic oxidation sites excluding steroid dienone is 4. The van der Waals surface area contributed by atoms with Crippen LogP contribution in [0.2, 0.25) is 0 Å². The van der Waals surface area contributed by atoms with Crippen molar-refractivity contribution in [1.82, 2.24) is 24.9 Å². The van der Waals surface area contributed by atoms with Crippen LogP contribution in [0.25, 0.3) is 11.1 Å². The van der Waals surface area contributed by atoms with Crippen molar-refractivity contribution in [3.05, 3.63) is 88.9 Å². The number of benzene rings is 1. The number of hydrogen-bond donors (Lipinski definition) is 1. The normalized spacial score (nSPS) is 19.1. The molecule has 1 aromatic carbocycles. The summed E-state index contributed by atoms with van der Waals surface area (Å²) in [6.45, 7) is 8.53. The minimum atomic E-state index is 0.0468. The maximum atomic E-state index is 12.4. The molecule has 0 radical (unpaired) electrons. The summed E-state index contributed by atoms with van der Waals surface area (Å²) >= 11 is 0. The van der Waals surface area contributed by atoms with Gasteiger partial charge in [0.2, 0.25) is 5.91 Å². The average molecular weight is 514 g/mol. The standard InChI is InChI=1S/C31H39N5O2/c1-22(2)24-7-5-23(6-8-24)21-38-27-11-9-25(10-12-27)30-28-19-35(20-29(37)34(3)4)17-18-36(28)33-31(30)26-13-15-32-16-14-26/h5-11,13-15,22,27,32H,12,16-21H2,1-4H3. The maximum absolute atomic E-state index is 12.4. The summed E-state index contributed by atoms with van der Waals surface area (Å²) in [6.07, 6.45) is 13.8. The molecule has 38 heavy (non-hydrogen) atoms. The molecule has 1 N–H and O–H groups in total. The van der Waals surface area contributed by atoms with Gasteiger partial charge >= 0.3 is 0 Å². The predicted octanol–water partition coefficient (Wildman–Crippen LogP) is 4.34. The second kappa shape index (κ2) is 11.5. The van der Waals surface area contributed by atoms with E-state index in [1.807, 2.05) is 20.3 Å². The first-order chi connectivity index (χ1) is 18.4. The third-order valence-corrected chi connectivity index (χ3v) is 7.47. The molecule has 0 saturated carbocycles. The van der Waals surface area contributed by atoms with Gasteiger partial charge in [0, 0.05) is 44.9 Å². The first-order valence-corrected chi connectivity index (χ1v) is 13.6. The molecule has 0 spiro atoms. The van der Waals surface area contributed by atoms with Crippen molar-refractivity contribution in [1.29, 1.82) is 0 Å². The lowest BCUT2D eigenvalue weighted by atomic mass is 9.93. The smallest absolute Gasteiger partial charge is 0.236 e. The number of fused-ring (bicyclic) bond motifs is 1.